The highest BCUT2D eigenvalue weighted by Crippen LogP contribution is 2.42. The summed E-state index contributed by atoms with van der Waals surface area (Å²) in [5.74, 6) is -0.372. The van der Waals surface area contributed by atoms with Gasteiger partial charge in [-0.2, -0.15) is 0 Å². The third kappa shape index (κ3) is 5.33. The molecule has 1 saturated carbocycles. The molecule has 0 saturated heterocycles. The van der Waals surface area contributed by atoms with Crippen molar-refractivity contribution in [3.63, 3.8) is 0 Å². The van der Waals surface area contributed by atoms with Crippen LogP contribution in [0.2, 0.25) is 18.1 Å². The van der Waals surface area contributed by atoms with Crippen molar-refractivity contribution in [1.82, 2.24) is 20.0 Å². The Bertz CT molecular complexity index is 1530. The fourth-order valence-corrected chi connectivity index (χ4v) is 6.74. The van der Waals surface area contributed by atoms with Gasteiger partial charge in [-0.05, 0) is 49.5 Å². The number of aromatic nitrogens is 2. The lowest BCUT2D eigenvalue weighted by Gasteiger charge is -2.38. The summed E-state index contributed by atoms with van der Waals surface area (Å²) in [4.78, 5) is 25.7. The van der Waals surface area contributed by atoms with Gasteiger partial charge in [0.05, 0.1) is 16.8 Å². The lowest BCUT2D eigenvalue weighted by Crippen LogP contribution is -2.43. The van der Waals surface area contributed by atoms with E-state index in [1.54, 1.807) is 6.20 Å². The van der Waals surface area contributed by atoms with E-state index < -0.39 is 14.3 Å². The molecule has 39 heavy (non-hydrogen) atoms. The molecule has 0 radical (unpaired) electrons. The molecule has 0 aliphatic heterocycles. The van der Waals surface area contributed by atoms with Crippen molar-refractivity contribution in [2.45, 2.75) is 70.3 Å². The summed E-state index contributed by atoms with van der Waals surface area (Å²) in [6.45, 7) is 11.5. The van der Waals surface area contributed by atoms with E-state index in [9.17, 15) is 9.59 Å². The Morgan fingerprint density at radius 1 is 0.923 bits per heavy atom. The second-order valence-electron chi connectivity index (χ2n) is 12.1. The SMILES string of the molecule is Cn1cc(C(=O)NNC(=O)Nc2cn(C3CCC(O[Si](C)(C)C(C)(C)C)C3)c3ccccc23)c2ccccc21. The van der Waals surface area contributed by atoms with Crippen molar-refractivity contribution < 1.29 is 14.0 Å². The molecular formula is C30H39N5O3Si. The maximum Gasteiger partial charge on any atom is 0.337 e. The van der Waals surface area contributed by atoms with Gasteiger partial charge in [0.15, 0.2) is 8.32 Å². The summed E-state index contributed by atoms with van der Waals surface area (Å²) in [6.07, 6.45) is 7.05. The second kappa shape index (κ2) is 10.2. The van der Waals surface area contributed by atoms with Crippen molar-refractivity contribution in [2.75, 3.05) is 5.32 Å². The minimum absolute atomic E-state index is 0.179. The second-order valence-corrected chi connectivity index (χ2v) is 16.9. The zero-order chi connectivity index (χ0) is 27.9. The van der Waals surface area contributed by atoms with Crippen LogP contribution >= 0.6 is 0 Å². The van der Waals surface area contributed by atoms with E-state index in [1.807, 2.05) is 60.3 Å². The van der Waals surface area contributed by atoms with Crippen LogP contribution in [0.1, 0.15) is 56.4 Å². The number of rotatable bonds is 5. The van der Waals surface area contributed by atoms with Gasteiger partial charge in [0, 0.05) is 47.9 Å². The summed E-state index contributed by atoms with van der Waals surface area (Å²) in [7, 11) is 0.0517. The summed E-state index contributed by atoms with van der Waals surface area (Å²) in [6, 6.07) is 15.5. The number of benzene rings is 2. The molecule has 2 unspecified atom stereocenters. The first kappa shape index (κ1) is 27.0. The van der Waals surface area contributed by atoms with Crippen LogP contribution in [0.25, 0.3) is 21.8 Å². The third-order valence-electron chi connectivity index (χ3n) is 8.44. The van der Waals surface area contributed by atoms with Gasteiger partial charge in [0.2, 0.25) is 0 Å². The van der Waals surface area contributed by atoms with Gasteiger partial charge < -0.3 is 18.9 Å². The summed E-state index contributed by atoms with van der Waals surface area (Å²) in [5.41, 5.74) is 8.28. The lowest BCUT2D eigenvalue weighted by molar-refractivity contribution is 0.0939. The first-order valence-corrected chi connectivity index (χ1v) is 16.5. The number of amides is 3. The number of fused-ring (bicyclic) bond motifs is 2. The van der Waals surface area contributed by atoms with Gasteiger partial charge in [-0.25, -0.2) is 10.2 Å². The fourth-order valence-electron chi connectivity index (χ4n) is 5.33. The number of carbonyl (C=O) groups excluding carboxylic acids is 2. The van der Waals surface area contributed by atoms with Gasteiger partial charge in [0.25, 0.3) is 5.91 Å². The highest BCUT2D eigenvalue weighted by Gasteiger charge is 2.41. The molecule has 4 aromatic rings. The highest BCUT2D eigenvalue weighted by molar-refractivity contribution is 6.74. The van der Waals surface area contributed by atoms with Gasteiger partial charge >= 0.3 is 6.03 Å². The standard InChI is InChI=1S/C30H39N5O3Si/c1-30(2,3)39(5,6)38-21-16-15-20(17-21)35-19-25(23-12-8-10-14-27(23)35)31-29(37)33-32-28(36)24-18-34(4)26-13-9-7-11-22(24)26/h7-14,18-21H,15-17H2,1-6H3,(H,32,36)(H2,31,33,37). The van der Waals surface area contributed by atoms with Crippen molar-refractivity contribution in [3.05, 3.63) is 66.5 Å². The predicted octanol–water partition coefficient (Wildman–Crippen LogP) is 6.71. The number of nitrogens with one attached hydrogen (secondary N) is 3. The molecule has 2 aromatic heterocycles. The zero-order valence-electron chi connectivity index (χ0n) is 23.7. The van der Waals surface area contributed by atoms with Crippen LogP contribution in [0.4, 0.5) is 10.5 Å². The van der Waals surface area contributed by atoms with Crippen LogP contribution in [-0.4, -0.2) is 35.5 Å². The number of urea groups is 1. The first-order valence-electron chi connectivity index (χ1n) is 13.6. The molecular weight excluding hydrogens is 506 g/mol. The maximum atomic E-state index is 12.8. The number of carbonyl (C=O) groups is 2. The van der Waals surface area contributed by atoms with Crippen molar-refractivity contribution in [1.29, 1.82) is 0 Å². The Hall–Kier alpha value is -3.56. The van der Waals surface area contributed by atoms with Crippen molar-refractivity contribution in [2.24, 2.45) is 7.05 Å². The third-order valence-corrected chi connectivity index (χ3v) is 13.0. The number of anilines is 1. The van der Waals surface area contributed by atoms with Crippen molar-refractivity contribution >= 4 is 47.7 Å². The Balaban J connectivity index is 1.27. The van der Waals surface area contributed by atoms with E-state index in [-0.39, 0.29) is 17.0 Å². The van der Waals surface area contributed by atoms with E-state index >= 15 is 0 Å². The van der Waals surface area contributed by atoms with E-state index in [4.69, 9.17) is 4.43 Å². The number of para-hydroxylation sites is 2. The van der Waals surface area contributed by atoms with Crippen LogP contribution in [0.15, 0.2) is 60.9 Å². The number of hydrogen-bond donors (Lipinski definition) is 3. The minimum atomic E-state index is -1.84. The Labute approximate surface area is 230 Å². The molecule has 2 heterocycles. The molecule has 9 heteroatoms. The summed E-state index contributed by atoms with van der Waals surface area (Å²) in [5, 5.41) is 4.90. The van der Waals surface area contributed by atoms with E-state index in [0.717, 1.165) is 41.1 Å². The van der Waals surface area contributed by atoms with Crippen LogP contribution in [0.3, 0.4) is 0 Å². The average Bonchev–Trinajstić information content (AvgIpc) is 3.58. The number of hydrazine groups is 1. The molecule has 8 nitrogen and oxygen atoms in total. The fraction of sp³-hybridized carbons (Fsp3) is 0.400. The molecule has 5 rings (SSSR count). The summed E-state index contributed by atoms with van der Waals surface area (Å²) < 4.78 is 10.9. The molecule has 2 aromatic carbocycles. The molecule has 206 valence electrons. The monoisotopic (exact) mass is 545 g/mol. The summed E-state index contributed by atoms with van der Waals surface area (Å²) >= 11 is 0. The molecule has 2 atom stereocenters. The first-order chi connectivity index (χ1) is 18.4. The molecule has 1 fully saturated rings. The predicted molar refractivity (Wildman–Crippen MR) is 159 cm³/mol. The molecule has 1 aliphatic rings. The molecule has 3 amide bonds. The topological polar surface area (TPSA) is 89.3 Å². The van der Waals surface area contributed by atoms with Gasteiger partial charge in [-0.15, -0.1) is 0 Å². The van der Waals surface area contributed by atoms with Gasteiger partial charge in [-0.1, -0.05) is 57.2 Å². The molecule has 3 N–H and O–H groups in total. The number of aryl methyl sites for hydroxylation is 1. The minimum Gasteiger partial charge on any atom is -0.414 e. The van der Waals surface area contributed by atoms with Crippen LogP contribution in [0.5, 0.6) is 0 Å². The van der Waals surface area contributed by atoms with Crippen LogP contribution in [-0.2, 0) is 11.5 Å². The molecule has 0 bridgehead atoms. The lowest BCUT2D eigenvalue weighted by atomic mass is 10.2. The normalized spacial score (nSPS) is 18.0. The highest BCUT2D eigenvalue weighted by atomic mass is 28.4. The zero-order valence-corrected chi connectivity index (χ0v) is 24.7. The number of nitrogens with zero attached hydrogens (tertiary/aromatic N) is 2. The van der Waals surface area contributed by atoms with Crippen LogP contribution in [0, 0.1) is 0 Å². The quantitative estimate of drug-likeness (QED) is 0.192. The Morgan fingerprint density at radius 2 is 1.59 bits per heavy atom. The van der Waals surface area contributed by atoms with E-state index in [0.29, 0.717) is 17.3 Å². The molecule has 1 aliphatic carbocycles. The largest absolute Gasteiger partial charge is 0.414 e. The Kier molecular flexibility index (Phi) is 7.07. The average molecular weight is 546 g/mol. The van der Waals surface area contributed by atoms with Gasteiger partial charge in [-0.3, -0.25) is 10.2 Å². The van der Waals surface area contributed by atoms with Gasteiger partial charge in [0.1, 0.15) is 0 Å². The maximum absolute atomic E-state index is 12.8. The van der Waals surface area contributed by atoms with E-state index in [2.05, 4.69) is 60.7 Å². The smallest absolute Gasteiger partial charge is 0.337 e. The van der Waals surface area contributed by atoms with E-state index in [1.165, 1.54) is 0 Å². The molecule has 0 spiro atoms. The Morgan fingerprint density at radius 3 is 2.31 bits per heavy atom. The number of hydrogen-bond acceptors (Lipinski definition) is 3. The van der Waals surface area contributed by atoms with Crippen LogP contribution < -0.4 is 16.2 Å². The van der Waals surface area contributed by atoms with Crippen molar-refractivity contribution in [3.8, 4) is 0 Å².